The van der Waals surface area contributed by atoms with Gasteiger partial charge in [0.15, 0.2) is 0 Å². The Bertz CT molecular complexity index is 281. The third-order valence-electron chi connectivity index (χ3n) is 1.68. The molecule has 2 nitrogen and oxygen atoms in total. The molecule has 1 radical (unpaired) electrons. The molecule has 4 heteroatoms. The van der Waals surface area contributed by atoms with Crippen LogP contribution in [0.4, 0.5) is 0 Å². The number of aliphatic hydroxyl groups is 1. The van der Waals surface area contributed by atoms with Gasteiger partial charge < -0.3 is 0 Å². The van der Waals surface area contributed by atoms with Gasteiger partial charge >= 0.3 is 68.3 Å². The quantitative estimate of drug-likeness (QED) is 0.474. The Morgan fingerprint density at radius 1 is 1.82 bits per heavy atom. The Balaban J connectivity index is 3.11. The van der Waals surface area contributed by atoms with E-state index in [0.717, 1.165) is 6.42 Å². The van der Waals surface area contributed by atoms with Crippen LogP contribution in [0.3, 0.4) is 0 Å². The summed E-state index contributed by atoms with van der Waals surface area (Å²) in [6, 6.07) is 0. The van der Waals surface area contributed by atoms with Crippen molar-refractivity contribution in [2.45, 2.75) is 13.3 Å². The molecule has 1 unspecified atom stereocenters. The summed E-state index contributed by atoms with van der Waals surface area (Å²) in [4.78, 5) is 0.451. The molecule has 0 fully saturated rings. The average molecular weight is 168 g/mol. The van der Waals surface area contributed by atoms with E-state index in [2.05, 4.69) is 0 Å². The third kappa shape index (κ3) is 1.74. The normalized spacial score (nSPS) is 24.6. The van der Waals surface area contributed by atoms with Gasteiger partial charge in [0.05, 0.1) is 0 Å². The van der Waals surface area contributed by atoms with Crippen molar-refractivity contribution in [3.63, 3.8) is 0 Å². The van der Waals surface area contributed by atoms with Gasteiger partial charge in [-0.2, -0.15) is 0 Å². The van der Waals surface area contributed by atoms with Gasteiger partial charge in [-0.1, -0.05) is 0 Å². The summed E-state index contributed by atoms with van der Waals surface area (Å²) in [5.41, 5.74) is 0. The predicted octanol–water partition coefficient (Wildman–Crippen LogP) is 1.40. The van der Waals surface area contributed by atoms with Crippen LogP contribution in [0, 0.1) is 5.92 Å². The van der Waals surface area contributed by atoms with Crippen molar-refractivity contribution in [1.29, 1.82) is 0 Å². The minimum absolute atomic E-state index is 0.0598. The summed E-state index contributed by atoms with van der Waals surface area (Å²) in [6.45, 7) is 7.06. The summed E-state index contributed by atoms with van der Waals surface area (Å²) < 4.78 is 10.9. The first kappa shape index (κ1) is 8.59. The van der Waals surface area contributed by atoms with Crippen LogP contribution < -0.4 is 0 Å². The molecule has 1 rings (SSSR count). The minimum atomic E-state index is -1.53. The van der Waals surface area contributed by atoms with Gasteiger partial charge in [0, 0.05) is 0 Å². The van der Waals surface area contributed by atoms with Crippen LogP contribution >= 0.6 is 0 Å². The molecule has 0 heterocycles. The number of hydrogen-bond acceptors (Lipinski definition) is 3. The zero-order valence-corrected chi connectivity index (χ0v) is 7.10. The van der Waals surface area contributed by atoms with Gasteiger partial charge in [-0.15, -0.1) is 0 Å². The van der Waals surface area contributed by atoms with Crippen LogP contribution in [0.15, 0.2) is 22.8 Å². The Hall–Kier alpha value is -0.505. The van der Waals surface area contributed by atoms with E-state index in [1.807, 2.05) is 13.0 Å². The predicted molar refractivity (Wildman–Crippen MR) is 46.4 cm³/mol. The molecule has 11 heavy (non-hydrogen) atoms. The summed E-state index contributed by atoms with van der Waals surface area (Å²) in [6.07, 6.45) is 4.18. The Morgan fingerprint density at radius 3 is 2.82 bits per heavy atom. The van der Waals surface area contributed by atoms with Crippen molar-refractivity contribution < 1.29 is 9.32 Å². The second-order valence-electron chi connectivity index (χ2n) is 2.59. The second-order valence-corrected chi connectivity index (χ2v) is 3.62. The van der Waals surface area contributed by atoms with E-state index in [1.54, 1.807) is 6.08 Å². The number of allylic oxidation sites excluding steroid dienone is 3. The maximum atomic E-state index is 10.9. The van der Waals surface area contributed by atoms with Gasteiger partial charge in [-0.05, 0) is 0 Å². The van der Waals surface area contributed by atoms with Crippen molar-refractivity contribution in [3.05, 3.63) is 22.8 Å². The van der Waals surface area contributed by atoms with Gasteiger partial charge in [0.25, 0.3) is 0 Å². The van der Waals surface area contributed by atoms with Crippen molar-refractivity contribution in [1.82, 2.24) is 0 Å². The Labute approximate surface area is 68.9 Å². The Morgan fingerprint density at radius 2 is 2.45 bits per heavy atom. The van der Waals surface area contributed by atoms with Crippen LogP contribution in [-0.2, 0) is 14.4 Å². The molecule has 1 N–H and O–H groups in total. The summed E-state index contributed by atoms with van der Waals surface area (Å²) in [5.74, 6) is 0.149. The number of rotatable bonds is 1. The van der Waals surface area contributed by atoms with Gasteiger partial charge in [0.1, 0.15) is 0 Å². The molecular formula is C7H9BO2S-. The zero-order valence-electron chi connectivity index (χ0n) is 6.28. The summed E-state index contributed by atoms with van der Waals surface area (Å²) in [5, 5.41) is 9.23. The van der Waals surface area contributed by atoms with Crippen LogP contribution in [0.25, 0.3) is 0 Å². The molecule has 0 bridgehead atoms. The molecule has 1 aliphatic carbocycles. The number of aliphatic hydroxyl groups excluding tert-OH is 1. The molecule has 0 spiro atoms. The molecular weight excluding hydrogens is 159 g/mol. The van der Waals surface area contributed by atoms with Crippen LogP contribution in [-0.4, -0.2) is 11.8 Å². The fourth-order valence-corrected chi connectivity index (χ4v) is 1.89. The van der Waals surface area contributed by atoms with Crippen molar-refractivity contribution in [2.24, 2.45) is 5.92 Å². The monoisotopic (exact) mass is 168 g/mol. The van der Waals surface area contributed by atoms with E-state index < -0.39 is 10.2 Å². The maximum absolute atomic E-state index is 10.9. The first-order chi connectivity index (χ1) is 5.13. The molecule has 59 valence electrons. The van der Waals surface area contributed by atoms with Crippen LogP contribution in [0.1, 0.15) is 13.3 Å². The van der Waals surface area contributed by atoms with E-state index in [4.69, 9.17) is 6.72 Å². The molecule has 0 aromatic heterocycles. The number of hydrogen-bond donors (Lipinski definition) is 1. The van der Waals surface area contributed by atoms with Crippen LogP contribution in [0.5, 0.6) is 0 Å². The van der Waals surface area contributed by atoms with E-state index in [-0.39, 0.29) is 11.7 Å². The summed E-state index contributed by atoms with van der Waals surface area (Å²) >= 11 is 0. The fourth-order valence-electron chi connectivity index (χ4n) is 1.13. The molecule has 0 aromatic carbocycles. The molecule has 0 amide bonds. The molecule has 1 atom stereocenters. The van der Waals surface area contributed by atoms with E-state index in [1.165, 1.54) is 0 Å². The molecule has 0 aliphatic heterocycles. The molecule has 0 saturated heterocycles. The van der Waals surface area contributed by atoms with Crippen molar-refractivity contribution in [3.8, 4) is 0 Å². The van der Waals surface area contributed by atoms with Gasteiger partial charge in [-0.25, -0.2) is 0 Å². The first-order valence-corrected chi connectivity index (χ1v) is 4.60. The molecule has 0 aromatic rings. The van der Waals surface area contributed by atoms with Gasteiger partial charge in [-0.3, -0.25) is 0 Å². The van der Waals surface area contributed by atoms with Crippen molar-refractivity contribution in [2.75, 3.05) is 0 Å². The standard InChI is InChI=1S/C7H9BO2S/c1-5-3-2-4-6(9)7(5)11(8)10/h2,4-5,9H,3H2,1H3/q-1. The summed E-state index contributed by atoms with van der Waals surface area (Å²) in [7, 11) is -1.53. The van der Waals surface area contributed by atoms with E-state index >= 15 is 0 Å². The average Bonchev–Trinajstić information content (AvgIpc) is 1.85. The zero-order chi connectivity index (χ0) is 8.43. The fraction of sp³-hybridized carbons (Fsp3) is 0.429. The second kappa shape index (κ2) is 3.26. The molecule has 0 saturated carbocycles. The van der Waals surface area contributed by atoms with Crippen LogP contribution in [0.2, 0.25) is 0 Å². The first-order valence-electron chi connectivity index (χ1n) is 3.38. The third-order valence-corrected chi connectivity index (χ3v) is 2.73. The molecule has 1 aliphatic rings. The SMILES string of the molecule is [B]=[S-](=O)C1=C(O)C=CCC1C. The topological polar surface area (TPSA) is 37.3 Å². The Kier molecular flexibility index (Phi) is 2.55. The van der Waals surface area contributed by atoms with Gasteiger partial charge in [0.2, 0.25) is 0 Å². The van der Waals surface area contributed by atoms with E-state index in [9.17, 15) is 9.32 Å². The van der Waals surface area contributed by atoms with E-state index in [0.29, 0.717) is 4.91 Å². The van der Waals surface area contributed by atoms with Crippen molar-refractivity contribution >= 4 is 16.9 Å².